The number of nitrogens with one attached hydrogen (secondary N) is 2. The third kappa shape index (κ3) is 7.21. The number of ether oxygens (including phenoxy) is 3. The summed E-state index contributed by atoms with van der Waals surface area (Å²) in [6.45, 7) is 2.11. The summed E-state index contributed by atoms with van der Waals surface area (Å²) in [7, 11) is 1.46. The van der Waals surface area contributed by atoms with Gasteiger partial charge < -0.3 is 23.9 Å². The number of rotatable bonds is 10. The topological polar surface area (TPSA) is 116 Å². The lowest BCUT2D eigenvalue weighted by Gasteiger charge is -2.12. The number of urea groups is 1. The maximum absolute atomic E-state index is 12.1. The molecule has 2 rings (SSSR count). The molecule has 0 saturated heterocycles. The van der Waals surface area contributed by atoms with Crippen LogP contribution in [0.2, 0.25) is 0 Å². The number of methoxy groups -OCH3 is 1. The summed E-state index contributed by atoms with van der Waals surface area (Å²) in [6.07, 6.45) is 3.37. The first kappa shape index (κ1) is 21.8. The third-order valence-electron chi connectivity index (χ3n) is 3.75. The number of hydrogen-bond donors (Lipinski definition) is 2. The van der Waals surface area contributed by atoms with Gasteiger partial charge in [0.2, 0.25) is 0 Å². The fraction of sp³-hybridized carbons (Fsp3) is 0.350. The van der Waals surface area contributed by atoms with Gasteiger partial charge in [-0.15, -0.1) is 0 Å². The van der Waals surface area contributed by atoms with Crippen molar-refractivity contribution in [3.8, 4) is 11.5 Å². The molecular formula is C20H24N2O7. The van der Waals surface area contributed by atoms with Crippen LogP contribution in [0.3, 0.4) is 0 Å². The van der Waals surface area contributed by atoms with Crippen molar-refractivity contribution in [3.63, 3.8) is 0 Å². The van der Waals surface area contributed by atoms with Crippen LogP contribution in [0.5, 0.6) is 11.5 Å². The minimum absolute atomic E-state index is 0.123. The Morgan fingerprint density at radius 3 is 2.66 bits per heavy atom. The lowest BCUT2D eigenvalue weighted by molar-refractivity contribution is -0.123. The Morgan fingerprint density at radius 1 is 1.14 bits per heavy atom. The summed E-state index contributed by atoms with van der Waals surface area (Å²) in [5.74, 6) is -0.0489. The molecule has 1 aromatic heterocycles. The molecule has 0 spiro atoms. The molecule has 0 atom stereocenters. The van der Waals surface area contributed by atoms with Crippen molar-refractivity contribution in [3.05, 3.63) is 47.9 Å². The Hall–Kier alpha value is -3.49. The number of amides is 3. The molecule has 9 nitrogen and oxygen atoms in total. The van der Waals surface area contributed by atoms with Crippen molar-refractivity contribution in [2.24, 2.45) is 0 Å². The molecule has 156 valence electrons. The van der Waals surface area contributed by atoms with Crippen LogP contribution < -0.4 is 20.1 Å². The molecule has 2 aromatic rings. The quantitative estimate of drug-likeness (QED) is 0.462. The van der Waals surface area contributed by atoms with Crippen LogP contribution in [-0.2, 0) is 16.1 Å². The summed E-state index contributed by atoms with van der Waals surface area (Å²) in [5.41, 5.74) is 0.194. The monoisotopic (exact) mass is 404 g/mol. The van der Waals surface area contributed by atoms with Crippen LogP contribution in [-0.4, -0.2) is 38.2 Å². The summed E-state index contributed by atoms with van der Waals surface area (Å²) >= 11 is 0. The van der Waals surface area contributed by atoms with Crippen molar-refractivity contribution in [2.75, 3.05) is 20.3 Å². The number of benzene rings is 1. The molecule has 0 radical (unpaired) electrons. The van der Waals surface area contributed by atoms with E-state index >= 15 is 0 Å². The van der Waals surface area contributed by atoms with Gasteiger partial charge in [0, 0.05) is 0 Å². The lowest BCUT2D eigenvalue weighted by Crippen LogP contribution is -2.41. The van der Waals surface area contributed by atoms with Crippen LogP contribution in [0.1, 0.15) is 35.9 Å². The number of esters is 1. The Bertz CT molecular complexity index is 818. The smallest absolute Gasteiger partial charge is 0.338 e. The molecule has 2 N–H and O–H groups in total. The minimum atomic E-state index is -0.762. The van der Waals surface area contributed by atoms with Gasteiger partial charge >= 0.3 is 12.0 Å². The maximum atomic E-state index is 12.1. The van der Waals surface area contributed by atoms with Gasteiger partial charge in [-0.3, -0.25) is 10.1 Å². The molecule has 9 heteroatoms. The van der Waals surface area contributed by atoms with Crippen molar-refractivity contribution in [1.82, 2.24) is 10.6 Å². The largest absolute Gasteiger partial charge is 0.493 e. The van der Waals surface area contributed by atoms with Gasteiger partial charge in [0.1, 0.15) is 5.76 Å². The van der Waals surface area contributed by atoms with E-state index in [1.54, 1.807) is 18.2 Å². The predicted octanol–water partition coefficient (Wildman–Crippen LogP) is 2.65. The van der Waals surface area contributed by atoms with Crippen LogP contribution in [0.4, 0.5) is 4.79 Å². The number of hydrogen-bond acceptors (Lipinski definition) is 7. The highest BCUT2D eigenvalue weighted by atomic mass is 16.5. The zero-order valence-electron chi connectivity index (χ0n) is 16.4. The molecule has 1 heterocycles. The summed E-state index contributed by atoms with van der Waals surface area (Å²) < 4.78 is 20.8. The Labute approximate surface area is 168 Å². The van der Waals surface area contributed by atoms with Gasteiger partial charge in [-0.05, 0) is 36.8 Å². The van der Waals surface area contributed by atoms with E-state index in [2.05, 4.69) is 17.6 Å². The van der Waals surface area contributed by atoms with Crippen LogP contribution in [0.15, 0.2) is 41.0 Å². The zero-order valence-corrected chi connectivity index (χ0v) is 16.4. The molecule has 29 heavy (non-hydrogen) atoms. The van der Waals surface area contributed by atoms with Crippen molar-refractivity contribution < 1.29 is 33.0 Å². The molecule has 0 saturated carbocycles. The van der Waals surface area contributed by atoms with Gasteiger partial charge in [0.15, 0.2) is 18.1 Å². The van der Waals surface area contributed by atoms with Gasteiger partial charge in [0.05, 0.1) is 32.1 Å². The first-order chi connectivity index (χ1) is 14.0. The fourth-order valence-electron chi connectivity index (χ4n) is 2.24. The highest BCUT2D eigenvalue weighted by molar-refractivity contribution is 5.97. The Balaban J connectivity index is 1.79. The molecule has 0 aliphatic rings. The van der Waals surface area contributed by atoms with Gasteiger partial charge in [0.25, 0.3) is 5.91 Å². The number of furan rings is 1. The molecular weight excluding hydrogens is 380 g/mol. The first-order valence-electron chi connectivity index (χ1n) is 9.11. The second-order valence-electron chi connectivity index (χ2n) is 5.95. The highest BCUT2D eigenvalue weighted by Crippen LogP contribution is 2.28. The maximum Gasteiger partial charge on any atom is 0.338 e. The third-order valence-corrected chi connectivity index (χ3v) is 3.75. The van der Waals surface area contributed by atoms with Gasteiger partial charge in [-0.1, -0.05) is 13.3 Å². The summed E-state index contributed by atoms with van der Waals surface area (Å²) in [6, 6.07) is 7.22. The second-order valence-corrected chi connectivity index (χ2v) is 5.95. The van der Waals surface area contributed by atoms with Crippen molar-refractivity contribution in [2.45, 2.75) is 26.3 Å². The average Bonchev–Trinajstić information content (AvgIpc) is 3.24. The van der Waals surface area contributed by atoms with Gasteiger partial charge in [-0.2, -0.15) is 0 Å². The molecule has 3 amide bonds. The second kappa shape index (κ2) is 11.4. The van der Waals surface area contributed by atoms with Gasteiger partial charge in [-0.25, -0.2) is 9.59 Å². The summed E-state index contributed by atoms with van der Waals surface area (Å²) in [5, 5.41) is 4.50. The average molecular weight is 404 g/mol. The van der Waals surface area contributed by atoms with Crippen LogP contribution >= 0.6 is 0 Å². The molecule has 0 aliphatic carbocycles. The molecule has 1 aromatic carbocycles. The van der Waals surface area contributed by atoms with E-state index in [0.29, 0.717) is 23.9 Å². The minimum Gasteiger partial charge on any atom is -0.493 e. The highest BCUT2D eigenvalue weighted by Gasteiger charge is 2.15. The molecule has 0 aliphatic heterocycles. The number of carbonyl (C=O) groups is 3. The van der Waals surface area contributed by atoms with Crippen molar-refractivity contribution >= 4 is 17.9 Å². The Morgan fingerprint density at radius 2 is 1.97 bits per heavy atom. The Kier molecular flexibility index (Phi) is 8.55. The van der Waals surface area contributed by atoms with E-state index in [4.69, 9.17) is 18.6 Å². The zero-order chi connectivity index (χ0) is 21.1. The standard InChI is InChI=1S/C20H24N2O7/c1-3-4-9-28-16-8-7-14(11-17(16)26-2)19(24)29-13-18(23)22-20(25)21-12-15-6-5-10-27-15/h5-8,10-11H,3-4,9,12-13H2,1-2H3,(H2,21,22,23,25). The van der Waals surface area contributed by atoms with Crippen molar-refractivity contribution in [1.29, 1.82) is 0 Å². The number of unbranched alkanes of at least 4 members (excludes halogenated alkanes) is 1. The SMILES string of the molecule is CCCCOc1ccc(C(=O)OCC(=O)NC(=O)NCc2ccco2)cc1OC. The van der Waals surface area contributed by atoms with E-state index in [1.165, 1.54) is 25.5 Å². The van der Waals surface area contributed by atoms with E-state index in [-0.39, 0.29) is 12.1 Å². The number of carbonyl (C=O) groups excluding carboxylic acids is 3. The van der Waals surface area contributed by atoms with E-state index in [9.17, 15) is 14.4 Å². The normalized spacial score (nSPS) is 10.1. The molecule has 0 bridgehead atoms. The van der Waals surface area contributed by atoms with E-state index < -0.39 is 24.5 Å². The fourth-order valence-corrected chi connectivity index (χ4v) is 2.24. The first-order valence-corrected chi connectivity index (χ1v) is 9.11. The molecule has 0 unspecified atom stereocenters. The summed E-state index contributed by atoms with van der Waals surface area (Å²) in [4.78, 5) is 35.5. The lowest BCUT2D eigenvalue weighted by atomic mass is 10.2. The van der Waals surface area contributed by atoms with Crippen LogP contribution in [0.25, 0.3) is 0 Å². The van der Waals surface area contributed by atoms with E-state index in [1.807, 2.05) is 0 Å². The van der Waals surface area contributed by atoms with Crippen LogP contribution in [0, 0.1) is 0 Å². The molecule has 0 fully saturated rings. The van der Waals surface area contributed by atoms with E-state index in [0.717, 1.165) is 12.8 Å². The predicted molar refractivity (Wildman–Crippen MR) is 103 cm³/mol. The number of imide groups is 1.